The van der Waals surface area contributed by atoms with E-state index in [9.17, 15) is 19.5 Å². The van der Waals surface area contributed by atoms with Crippen LogP contribution in [0.4, 0.5) is 4.79 Å². The van der Waals surface area contributed by atoms with E-state index < -0.39 is 48.4 Å². The van der Waals surface area contributed by atoms with Crippen LogP contribution in [-0.2, 0) is 28.5 Å². The first-order valence-corrected chi connectivity index (χ1v) is 7.17. The SMILES string of the molecule is COC(=O)C1=CC(N=[N+]=[N-])[C@@H](NC(C)=O)C([C@@H](O)[C@@H]2COC(=O)O2)O1. The second-order valence-electron chi connectivity index (χ2n) is 5.23. The highest BCUT2D eigenvalue weighted by Crippen LogP contribution is 2.27. The van der Waals surface area contributed by atoms with E-state index in [-0.39, 0.29) is 12.4 Å². The summed E-state index contributed by atoms with van der Waals surface area (Å²) < 4.78 is 19.4. The molecule has 1 amide bonds. The monoisotopic (exact) mass is 356 g/mol. The molecule has 0 aliphatic carbocycles. The lowest BCUT2D eigenvalue weighted by Gasteiger charge is -2.38. The largest absolute Gasteiger partial charge is 0.508 e. The maximum atomic E-state index is 11.8. The minimum absolute atomic E-state index is 0.240. The summed E-state index contributed by atoms with van der Waals surface area (Å²) in [6.45, 7) is 0.977. The molecule has 2 N–H and O–H groups in total. The van der Waals surface area contributed by atoms with E-state index in [1.807, 2.05) is 0 Å². The van der Waals surface area contributed by atoms with Crippen molar-refractivity contribution in [1.29, 1.82) is 0 Å². The first-order chi connectivity index (χ1) is 11.9. The Labute approximate surface area is 141 Å². The lowest BCUT2D eigenvalue weighted by atomic mass is 9.92. The Bertz CT molecular complexity index is 644. The fraction of sp³-hybridized carbons (Fsp3) is 0.615. The van der Waals surface area contributed by atoms with Crippen molar-refractivity contribution in [2.24, 2.45) is 5.11 Å². The van der Waals surface area contributed by atoms with Gasteiger partial charge >= 0.3 is 12.1 Å². The fourth-order valence-electron chi connectivity index (χ4n) is 2.50. The molecule has 12 nitrogen and oxygen atoms in total. The van der Waals surface area contributed by atoms with Crippen molar-refractivity contribution in [2.45, 2.75) is 37.3 Å². The Morgan fingerprint density at radius 1 is 1.52 bits per heavy atom. The lowest BCUT2D eigenvalue weighted by molar-refractivity contribution is -0.147. The third-order valence-corrected chi connectivity index (χ3v) is 3.58. The normalized spacial score (nSPS) is 29.1. The third kappa shape index (κ3) is 4.11. The quantitative estimate of drug-likeness (QED) is 0.288. The third-order valence-electron chi connectivity index (χ3n) is 3.58. The van der Waals surface area contributed by atoms with Gasteiger partial charge in [0.1, 0.15) is 18.8 Å². The highest BCUT2D eigenvalue weighted by atomic mass is 16.8. The Morgan fingerprint density at radius 3 is 2.76 bits per heavy atom. The zero-order valence-electron chi connectivity index (χ0n) is 13.3. The zero-order chi connectivity index (χ0) is 18.6. The number of hydrogen-bond donors (Lipinski definition) is 2. The van der Waals surface area contributed by atoms with Gasteiger partial charge in [0.2, 0.25) is 11.7 Å². The number of rotatable bonds is 5. The summed E-state index contributed by atoms with van der Waals surface area (Å²) in [5.74, 6) is -1.66. The molecule has 136 valence electrons. The number of methoxy groups -OCH3 is 1. The Morgan fingerprint density at radius 2 is 2.24 bits per heavy atom. The van der Waals surface area contributed by atoms with Crippen LogP contribution < -0.4 is 5.32 Å². The van der Waals surface area contributed by atoms with E-state index in [1.165, 1.54) is 13.0 Å². The predicted molar refractivity (Wildman–Crippen MR) is 77.7 cm³/mol. The van der Waals surface area contributed by atoms with Gasteiger partial charge in [-0.1, -0.05) is 5.11 Å². The Kier molecular flexibility index (Phi) is 5.67. The molecule has 2 heterocycles. The van der Waals surface area contributed by atoms with Crippen LogP contribution in [0.25, 0.3) is 10.4 Å². The van der Waals surface area contributed by atoms with Crippen LogP contribution in [0.1, 0.15) is 6.92 Å². The van der Waals surface area contributed by atoms with Crippen molar-refractivity contribution in [1.82, 2.24) is 5.32 Å². The zero-order valence-corrected chi connectivity index (χ0v) is 13.3. The van der Waals surface area contributed by atoms with Gasteiger partial charge in [0.05, 0.1) is 19.2 Å². The minimum Gasteiger partial charge on any atom is -0.478 e. The molecule has 0 bridgehead atoms. The molecule has 2 unspecified atom stereocenters. The number of nitrogens with zero attached hydrogens (tertiary/aromatic N) is 3. The number of ether oxygens (including phenoxy) is 4. The van der Waals surface area contributed by atoms with Crippen molar-refractivity contribution in [2.75, 3.05) is 13.7 Å². The summed E-state index contributed by atoms with van der Waals surface area (Å²) in [7, 11) is 1.12. The van der Waals surface area contributed by atoms with Gasteiger partial charge in [-0.05, 0) is 11.6 Å². The first-order valence-electron chi connectivity index (χ1n) is 7.17. The van der Waals surface area contributed by atoms with Crippen LogP contribution in [0.5, 0.6) is 0 Å². The Hall–Kier alpha value is -2.98. The number of nitrogens with one attached hydrogen (secondary N) is 1. The van der Waals surface area contributed by atoms with Crippen LogP contribution in [-0.4, -0.2) is 67.3 Å². The van der Waals surface area contributed by atoms with Gasteiger partial charge in [0.25, 0.3) is 0 Å². The molecule has 0 aromatic heterocycles. The average Bonchev–Trinajstić information content (AvgIpc) is 3.01. The molecule has 0 aromatic rings. The summed E-state index contributed by atoms with van der Waals surface area (Å²) in [6.07, 6.45) is -3.62. The number of aliphatic hydroxyl groups is 1. The maximum Gasteiger partial charge on any atom is 0.508 e. The number of amides is 1. The van der Waals surface area contributed by atoms with E-state index in [0.717, 1.165) is 7.11 Å². The average molecular weight is 356 g/mol. The van der Waals surface area contributed by atoms with E-state index in [1.54, 1.807) is 0 Å². The molecular formula is C13H16N4O8. The standard InChI is InChI=1S/C13H16N4O8/c1-5(18)15-9-6(16-17-14)3-7(12(20)22-2)24-11(9)10(19)8-4-23-13(21)25-8/h3,6,8-11,19H,4H2,1-2H3,(H,15,18)/t6?,8-,9+,10-,11?/m0/s1. The summed E-state index contributed by atoms with van der Waals surface area (Å²) >= 11 is 0. The van der Waals surface area contributed by atoms with Crippen molar-refractivity contribution < 1.29 is 38.4 Å². The smallest absolute Gasteiger partial charge is 0.478 e. The molecule has 2 aliphatic rings. The summed E-state index contributed by atoms with van der Waals surface area (Å²) in [5.41, 5.74) is 8.73. The number of hydrogen-bond acceptors (Lipinski definition) is 9. The van der Waals surface area contributed by atoms with Crippen LogP contribution in [0.2, 0.25) is 0 Å². The van der Waals surface area contributed by atoms with Gasteiger partial charge < -0.3 is 29.4 Å². The van der Waals surface area contributed by atoms with Gasteiger partial charge in [-0.2, -0.15) is 0 Å². The number of carbonyl (C=O) groups excluding carboxylic acids is 3. The molecule has 2 aliphatic heterocycles. The van der Waals surface area contributed by atoms with Crippen LogP contribution in [0, 0.1) is 0 Å². The highest BCUT2D eigenvalue weighted by molar-refractivity contribution is 5.86. The molecule has 0 saturated carbocycles. The fourth-order valence-corrected chi connectivity index (χ4v) is 2.50. The van der Waals surface area contributed by atoms with Crippen molar-refractivity contribution in [3.05, 3.63) is 22.3 Å². The molecular weight excluding hydrogens is 340 g/mol. The number of carbonyl (C=O) groups is 3. The molecule has 5 atom stereocenters. The molecule has 1 saturated heterocycles. The molecule has 0 aromatic carbocycles. The Balaban J connectivity index is 2.36. The van der Waals surface area contributed by atoms with Crippen LogP contribution in [0.3, 0.4) is 0 Å². The highest BCUT2D eigenvalue weighted by Gasteiger charge is 2.46. The molecule has 0 radical (unpaired) electrons. The number of cyclic esters (lactones) is 2. The van der Waals surface area contributed by atoms with E-state index in [4.69, 9.17) is 15.0 Å². The van der Waals surface area contributed by atoms with Gasteiger partial charge in [0, 0.05) is 11.8 Å². The summed E-state index contributed by atoms with van der Waals surface area (Å²) in [5, 5.41) is 16.5. The summed E-state index contributed by atoms with van der Waals surface area (Å²) in [4.78, 5) is 37.0. The van der Waals surface area contributed by atoms with Gasteiger partial charge in [-0.15, -0.1) is 0 Å². The van der Waals surface area contributed by atoms with Crippen molar-refractivity contribution >= 4 is 18.0 Å². The van der Waals surface area contributed by atoms with Crippen molar-refractivity contribution in [3.8, 4) is 0 Å². The van der Waals surface area contributed by atoms with Crippen LogP contribution >= 0.6 is 0 Å². The minimum atomic E-state index is -1.48. The molecule has 12 heteroatoms. The van der Waals surface area contributed by atoms with Gasteiger partial charge in [-0.25, -0.2) is 9.59 Å². The van der Waals surface area contributed by atoms with Gasteiger partial charge in [-0.3, -0.25) is 4.79 Å². The first kappa shape index (κ1) is 18.4. The molecule has 1 fully saturated rings. The maximum absolute atomic E-state index is 11.8. The lowest BCUT2D eigenvalue weighted by Crippen LogP contribution is -2.59. The molecule has 2 rings (SSSR count). The van der Waals surface area contributed by atoms with E-state index in [0.29, 0.717) is 0 Å². The second kappa shape index (κ2) is 7.73. The number of aliphatic hydroxyl groups excluding tert-OH is 1. The van der Waals surface area contributed by atoms with E-state index >= 15 is 0 Å². The summed E-state index contributed by atoms with van der Waals surface area (Å²) in [6, 6.07) is -2.06. The van der Waals surface area contributed by atoms with Gasteiger partial charge in [0.15, 0.2) is 6.10 Å². The van der Waals surface area contributed by atoms with Crippen molar-refractivity contribution in [3.63, 3.8) is 0 Å². The molecule has 25 heavy (non-hydrogen) atoms. The topological polar surface area (TPSA) is 169 Å². The van der Waals surface area contributed by atoms with Crippen LogP contribution in [0.15, 0.2) is 16.9 Å². The molecule has 0 spiro atoms. The second-order valence-corrected chi connectivity index (χ2v) is 5.23. The van der Waals surface area contributed by atoms with E-state index in [2.05, 4.69) is 24.8 Å². The predicted octanol–water partition coefficient (Wildman–Crippen LogP) is -0.478. The number of esters is 1. The number of azide groups is 1.